The average molecular weight is 298 g/mol. The molecule has 0 saturated carbocycles. The molecule has 0 aliphatic heterocycles. The monoisotopic (exact) mass is 297 g/mol. The zero-order chi connectivity index (χ0) is 12.6. The first-order chi connectivity index (χ1) is 7.99. The molecule has 0 amide bonds. The molecule has 2 unspecified atom stereocenters. The van der Waals surface area contributed by atoms with Crippen LogP contribution in [0.2, 0.25) is 0 Å². The quantitative estimate of drug-likeness (QED) is 0.943. The van der Waals surface area contributed by atoms with Gasteiger partial charge in [-0.3, -0.25) is 4.79 Å². The summed E-state index contributed by atoms with van der Waals surface area (Å²) in [6.07, 6.45) is 0. The number of aliphatic carboxylic acids is 1. The van der Waals surface area contributed by atoms with E-state index in [9.17, 15) is 4.79 Å². The van der Waals surface area contributed by atoms with Crippen molar-refractivity contribution in [1.29, 1.82) is 0 Å². The smallest absolute Gasteiger partial charge is 0.307 e. The van der Waals surface area contributed by atoms with E-state index < -0.39 is 11.9 Å². The second-order valence-electron chi connectivity index (χ2n) is 4.08. The molecule has 0 spiro atoms. The van der Waals surface area contributed by atoms with E-state index in [0.717, 1.165) is 9.99 Å². The molecule has 0 fully saturated rings. The third-order valence-electron chi connectivity index (χ3n) is 2.90. The largest absolute Gasteiger partial charge is 0.481 e. The Bertz CT molecular complexity index is 564. The normalized spacial score (nSPS) is 14.8. The van der Waals surface area contributed by atoms with Crippen molar-refractivity contribution in [2.45, 2.75) is 19.8 Å². The molecule has 17 heavy (non-hydrogen) atoms. The number of rotatable bonds is 3. The second kappa shape index (κ2) is 4.49. The Morgan fingerprint density at radius 2 is 2.18 bits per heavy atom. The number of nitrogens with zero attached hydrogens (tertiary/aromatic N) is 1. The summed E-state index contributed by atoms with van der Waals surface area (Å²) in [5.41, 5.74) is 1.41. The molecule has 0 aliphatic carbocycles. The molecule has 4 nitrogen and oxygen atoms in total. The highest BCUT2D eigenvalue weighted by atomic mass is 79.9. The van der Waals surface area contributed by atoms with Crippen LogP contribution in [0.5, 0.6) is 0 Å². The number of fused-ring (bicyclic) bond motifs is 1. The lowest BCUT2D eigenvalue weighted by Gasteiger charge is -2.11. The summed E-state index contributed by atoms with van der Waals surface area (Å²) < 4.78 is 6.48. The summed E-state index contributed by atoms with van der Waals surface area (Å²) in [5, 5.41) is 8.96. The molecule has 0 aliphatic rings. The summed E-state index contributed by atoms with van der Waals surface area (Å²) in [6.45, 7) is 3.45. The zero-order valence-electron chi connectivity index (χ0n) is 9.48. The van der Waals surface area contributed by atoms with Crippen molar-refractivity contribution in [3.05, 3.63) is 28.6 Å². The highest BCUT2D eigenvalue weighted by molar-refractivity contribution is 9.10. The third-order valence-corrected chi connectivity index (χ3v) is 3.39. The molecule has 0 bridgehead atoms. The van der Waals surface area contributed by atoms with E-state index in [1.54, 1.807) is 13.8 Å². The first-order valence-corrected chi connectivity index (χ1v) is 6.07. The van der Waals surface area contributed by atoms with E-state index in [0.29, 0.717) is 11.5 Å². The SMILES string of the molecule is CC(C(=O)O)C(C)c1nc2cc(Br)ccc2o1. The Morgan fingerprint density at radius 3 is 2.82 bits per heavy atom. The number of aromatic nitrogens is 1. The number of benzene rings is 1. The Kier molecular flexibility index (Phi) is 3.19. The Labute approximate surface area is 107 Å². The van der Waals surface area contributed by atoms with Crippen molar-refractivity contribution in [3.63, 3.8) is 0 Å². The average Bonchev–Trinajstić information content (AvgIpc) is 2.69. The summed E-state index contributed by atoms with van der Waals surface area (Å²) in [7, 11) is 0. The van der Waals surface area contributed by atoms with Crippen LogP contribution in [-0.4, -0.2) is 16.1 Å². The lowest BCUT2D eigenvalue weighted by Crippen LogP contribution is -2.16. The molecule has 1 heterocycles. The van der Waals surface area contributed by atoms with Gasteiger partial charge >= 0.3 is 5.97 Å². The van der Waals surface area contributed by atoms with Gasteiger partial charge in [-0.2, -0.15) is 0 Å². The maximum absolute atomic E-state index is 10.9. The Hall–Kier alpha value is -1.36. The summed E-state index contributed by atoms with van der Waals surface area (Å²) >= 11 is 3.36. The van der Waals surface area contributed by atoms with Crippen LogP contribution in [0.1, 0.15) is 25.7 Å². The third kappa shape index (κ3) is 2.34. The Balaban J connectivity index is 2.39. The van der Waals surface area contributed by atoms with Gasteiger partial charge in [-0.1, -0.05) is 29.8 Å². The molecular formula is C12H12BrNO3. The van der Waals surface area contributed by atoms with Crippen LogP contribution in [-0.2, 0) is 4.79 Å². The molecule has 0 saturated heterocycles. The van der Waals surface area contributed by atoms with Gasteiger partial charge in [0.25, 0.3) is 0 Å². The van der Waals surface area contributed by atoms with E-state index >= 15 is 0 Å². The number of halogens is 1. The molecule has 0 radical (unpaired) electrons. The van der Waals surface area contributed by atoms with Gasteiger partial charge < -0.3 is 9.52 Å². The lowest BCUT2D eigenvalue weighted by atomic mass is 9.96. The first-order valence-electron chi connectivity index (χ1n) is 5.28. The minimum Gasteiger partial charge on any atom is -0.481 e. The van der Waals surface area contributed by atoms with Crippen molar-refractivity contribution >= 4 is 33.0 Å². The number of hydrogen-bond donors (Lipinski definition) is 1. The van der Waals surface area contributed by atoms with Crippen LogP contribution in [0, 0.1) is 5.92 Å². The van der Waals surface area contributed by atoms with E-state index in [-0.39, 0.29) is 5.92 Å². The van der Waals surface area contributed by atoms with Gasteiger partial charge in [-0.05, 0) is 18.2 Å². The van der Waals surface area contributed by atoms with Gasteiger partial charge in [0.05, 0.1) is 5.92 Å². The van der Waals surface area contributed by atoms with Gasteiger partial charge in [-0.15, -0.1) is 0 Å². The van der Waals surface area contributed by atoms with Crippen molar-refractivity contribution in [2.24, 2.45) is 5.92 Å². The number of carbonyl (C=O) groups is 1. The highest BCUT2D eigenvalue weighted by Crippen LogP contribution is 2.28. The predicted molar refractivity (Wildman–Crippen MR) is 66.9 cm³/mol. The molecule has 1 aromatic heterocycles. The van der Waals surface area contributed by atoms with E-state index in [2.05, 4.69) is 20.9 Å². The predicted octanol–water partition coefficient (Wildman–Crippen LogP) is 3.41. The first kappa shape index (κ1) is 12.1. The lowest BCUT2D eigenvalue weighted by molar-refractivity contribution is -0.141. The molecule has 1 N–H and O–H groups in total. The molecule has 2 aromatic rings. The van der Waals surface area contributed by atoms with Crippen LogP contribution in [0.4, 0.5) is 0 Å². The molecule has 2 atom stereocenters. The van der Waals surface area contributed by atoms with Gasteiger partial charge in [0.15, 0.2) is 11.5 Å². The maximum atomic E-state index is 10.9. The van der Waals surface area contributed by atoms with Gasteiger partial charge in [0, 0.05) is 10.4 Å². The van der Waals surface area contributed by atoms with Crippen LogP contribution < -0.4 is 0 Å². The highest BCUT2D eigenvalue weighted by Gasteiger charge is 2.25. The minimum atomic E-state index is -0.846. The minimum absolute atomic E-state index is 0.251. The molecular weight excluding hydrogens is 286 g/mol. The topological polar surface area (TPSA) is 63.3 Å². The summed E-state index contributed by atoms with van der Waals surface area (Å²) in [4.78, 5) is 15.2. The summed E-state index contributed by atoms with van der Waals surface area (Å²) in [6, 6.07) is 5.52. The fourth-order valence-corrected chi connectivity index (χ4v) is 1.89. The van der Waals surface area contributed by atoms with Gasteiger partial charge in [-0.25, -0.2) is 4.98 Å². The number of oxazole rings is 1. The van der Waals surface area contributed by atoms with Crippen molar-refractivity contribution in [1.82, 2.24) is 4.98 Å². The number of carboxylic acid groups (broad SMARTS) is 1. The van der Waals surface area contributed by atoms with Gasteiger partial charge in [0.1, 0.15) is 5.52 Å². The molecule has 2 rings (SSSR count). The zero-order valence-corrected chi connectivity index (χ0v) is 11.1. The van der Waals surface area contributed by atoms with Gasteiger partial charge in [0.2, 0.25) is 0 Å². The van der Waals surface area contributed by atoms with Crippen molar-refractivity contribution < 1.29 is 14.3 Å². The second-order valence-corrected chi connectivity index (χ2v) is 5.00. The van der Waals surface area contributed by atoms with Crippen LogP contribution >= 0.6 is 15.9 Å². The number of hydrogen-bond acceptors (Lipinski definition) is 3. The maximum Gasteiger partial charge on any atom is 0.307 e. The fourth-order valence-electron chi connectivity index (χ4n) is 1.54. The van der Waals surface area contributed by atoms with Crippen LogP contribution in [0.15, 0.2) is 27.1 Å². The molecule has 90 valence electrons. The summed E-state index contributed by atoms with van der Waals surface area (Å²) in [5.74, 6) is -1.15. The van der Waals surface area contributed by atoms with E-state index in [1.165, 1.54) is 0 Å². The molecule has 1 aromatic carbocycles. The molecule has 5 heteroatoms. The van der Waals surface area contributed by atoms with E-state index in [1.807, 2.05) is 18.2 Å². The van der Waals surface area contributed by atoms with Crippen LogP contribution in [0.25, 0.3) is 11.1 Å². The van der Waals surface area contributed by atoms with Crippen molar-refractivity contribution in [3.8, 4) is 0 Å². The van der Waals surface area contributed by atoms with Crippen molar-refractivity contribution in [2.75, 3.05) is 0 Å². The standard InChI is InChI=1S/C12H12BrNO3/c1-6(7(2)12(15)16)11-14-9-5-8(13)3-4-10(9)17-11/h3-7H,1-2H3,(H,15,16). The van der Waals surface area contributed by atoms with Crippen LogP contribution in [0.3, 0.4) is 0 Å². The fraction of sp³-hybridized carbons (Fsp3) is 0.333. The Morgan fingerprint density at radius 1 is 1.47 bits per heavy atom. The van der Waals surface area contributed by atoms with E-state index in [4.69, 9.17) is 9.52 Å². The number of carboxylic acids is 1.